The lowest BCUT2D eigenvalue weighted by molar-refractivity contribution is -0.142. The second-order valence-electron chi connectivity index (χ2n) is 8.46. The Labute approximate surface area is 232 Å². The van der Waals surface area contributed by atoms with Gasteiger partial charge in [-0.05, 0) is 59.7 Å². The molecule has 1 N–H and O–H groups in total. The van der Waals surface area contributed by atoms with E-state index in [-0.39, 0.29) is 29.3 Å². The summed E-state index contributed by atoms with van der Waals surface area (Å²) in [7, 11) is -2.74. The summed E-state index contributed by atoms with van der Waals surface area (Å²) < 4.78 is 38.6. The van der Waals surface area contributed by atoms with Crippen molar-refractivity contribution in [2.24, 2.45) is 5.10 Å². The Morgan fingerprint density at radius 1 is 0.850 bits per heavy atom. The van der Waals surface area contributed by atoms with Gasteiger partial charge in [-0.15, -0.1) is 0 Å². The van der Waals surface area contributed by atoms with Crippen LogP contribution in [0.2, 0.25) is 0 Å². The highest BCUT2D eigenvalue weighted by Gasteiger charge is 2.28. The van der Waals surface area contributed by atoms with Gasteiger partial charge in [-0.2, -0.15) is 5.10 Å². The number of amides is 1. The minimum absolute atomic E-state index is 0.0238. The maximum atomic E-state index is 13.8. The normalized spacial score (nSPS) is 11.1. The number of hydrogen-bond donors (Lipinski definition) is 1. The second-order valence-corrected chi connectivity index (χ2v) is 10.3. The average Bonchev–Trinajstić information content (AvgIpc) is 3.00. The molecule has 0 aliphatic rings. The fourth-order valence-corrected chi connectivity index (χ4v) is 5.22. The third-order valence-corrected chi connectivity index (χ3v) is 7.54. The predicted molar refractivity (Wildman–Crippen MR) is 152 cm³/mol. The first-order valence-electron chi connectivity index (χ1n) is 12.2. The van der Waals surface area contributed by atoms with E-state index in [0.29, 0.717) is 11.3 Å². The first-order chi connectivity index (χ1) is 19.4. The number of carbonyl (C=O) groups excluding carboxylic acids is 2. The van der Waals surface area contributed by atoms with Crippen LogP contribution in [0.25, 0.3) is 0 Å². The van der Waals surface area contributed by atoms with E-state index in [2.05, 4.69) is 15.3 Å². The van der Waals surface area contributed by atoms with Crippen LogP contribution < -0.4 is 14.5 Å². The molecule has 0 aliphatic heterocycles. The van der Waals surface area contributed by atoms with Crippen LogP contribution in [-0.4, -0.2) is 40.2 Å². The summed E-state index contributed by atoms with van der Waals surface area (Å²) >= 11 is 0. The molecule has 10 heteroatoms. The van der Waals surface area contributed by atoms with Crippen LogP contribution in [0.15, 0.2) is 119 Å². The Bertz CT molecular complexity index is 1580. The molecule has 0 atom stereocenters. The Balaban J connectivity index is 1.56. The fourth-order valence-electron chi connectivity index (χ4n) is 3.73. The smallest absolute Gasteiger partial charge is 0.343 e. The van der Waals surface area contributed by atoms with E-state index in [1.54, 1.807) is 66.7 Å². The number of para-hydroxylation sites is 1. The molecule has 0 heterocycles. The zero-order valence-electron chi connectivity index (χ0n) is 21.6. The number of carbonyl (C=O) groups is 2. The highest BCUT2D eigenvalue weighted by Crippen LogP contribution is 2.29. The summed E-state index contributed by atoms with van der Waals surface area (Å²) in [5.74, 6) is -0.600. The van der Waals surface area contributed by atoms with Crippen molar-refractivity contribution in [3.8, 4) is 5.75 Å². The molecular weight excluding hydrogens is 530 g/mol. The Hall–Kier alpha value is -4.96. The lowest BCUT2D eigenvalue weighted by Gasteiger charge is -2.26. The van der Waals surface area contributed by atoms with Crippen LogP contribution in [0.1, 0.15) is 21.5 Å². The van der Waals surface area contributed by atoms with E-state index in [1.165, 1.54) is 29.8 Å². The fraction of sp³-hybridized carbons (Fsp3) is 0.100. The molecule has 0 spiro atoms. The molecule has 4 aromatic rings. The van der Waals surface area contributed by atoms with Gasteiger partial charge in [0.05, 0.1) is 36.0 Å². The van der Waals surface area contributed by atoms with Gasteiger partial charge < -0.3 is 9.47 Å². The third kappa shape index (κ3) is 7.12. The molecule has 9 nitrogen and oxygen atoms in total. The average molecular weight is 558 g/mol. The SMILES string of the molecule is COC(=O)COc1ccc(/C=N\NC(=O)c2ccccc2N(Cc2ccccc2)S(=O)(=O)c2ccccc2)cc1. The number of sulfonamides is 1. The number of methoxy groups -OCH3 is 1. The summed E-state index contributed by atoms with van der Waals surface area (Å²) in [5, 5.41) is 4.03. The summed E-state index contributed by atoms with van der Waals surface area (Å²) in [6, 6.07) is 30.4. The van der Waals surface area contributed by atoms with Gasteiger partial charge in [-0.3, -0.25) is 9.10 Å². The summed E-state index contributed by atoms with van der Waals surface area (Å²) in [6.07, 6.45) is 1.44. The molecule has 0 aromatic heterocycles. The maximum absolute atomic E-state index is 13.8. The number of nitrogens with zero attached hydrogens (tertiary/aromatic N) is 2. The lowest BCUT2D eigenvalue weighted by Crippen LogP contribution is -2.33. The third-order valence-electron chi connectivity index (χ3n) is 5.76. The molecule has 204 valence electrons. The van der Waals surface area contributed by atoms with Gasteiger partial charge in [0.15, 0.2) is 6.61 Å². The van der Waals surface area contributed by atoms with E-state index in [9.17, 15) is 18.0 Å². The molecule has 0 unspecified atom stereocenters. The first kappa shape index (κ1) is 28.1. The Morgan fingerprint density at radius 3 is 2.15 bits per heavy atom. The highest BCUT2D eigenvalue weighted by atomic mass is 32.2. The first-order valence-corrected chi connectivity index (χ1v) is 13.7. The monoisotopic (exact) mass is 557 g/mol. The second kappa shape index (κ2) is 13.2. The topological polar surface area (TPSA) is 114 Å². The van der Waals surface area contributed by atoms with Crippen LogP contribution in [0.5, 0.6) is 5.75 Å². The van der Waals surface area contributed by atoms with Gasteiger partial charge in [0, 0.05) is 0 Å². The molecule has 0 aliphatic carbocycles. The molecule has 0 saturated heterocycles. The summed E-state index contributed by atoms with van der Waals surface area (Å²) in [6.45, 7) is -0.184. The van der Waals surface area contributed by atoms with Crippen LogP contribution >= 0.6 is 0 Å². The quantitative estimate of drug-likeness (QED) is 0.166. The van der Waals surface area contributed by atoms with E-state index in [0.717, 1.165) is 5.56 Å². The molecular formula is C30H27N3O6S. The minimum Gasteiger partial charge on any atom is -0.482 e. The summed E-state index contributed by atoms with van der Waals surface area (Å²) in [4.78, 5) is 24.5. The molecule has 0 bridgehead atoms. The summed E-state index contributed by atoms with van der Waals surface area (Å²) in [5.41, 5.74) is 4.26. The van der Waals surface area contributed by atoms with Crippen molar-refractivity contribution in [2.45, 2.75) is 11.4 Å². The molecule has 40 heavy (non-hydrogen) atoms. The van der Waals surface area contributed by atoms with Crippen molar-refractivity contribution in [2.75, 3.05) is 18.0 Å². The van der Waals surface area contributed by atoms with Crippen molar-refractivity contribution in [1.82, 2.24) is 5.43 Å². The van der Waals surface area contributed by atoms with E-state index >= 15 is 0 Å². The van der Waals surface area contributed by atoms with E-state index in [1.807, 2.05) is 30.3 Å². The van der Waals surface area contributed by atoms with Crippen molar-refractivity contribution >= 4 is 33.8 Å². The number of anilines is 1. The molecule has 4 rings (SSSR count). The number of ether oxygens (including phenoxy) is 2. The lowest BCUT2D eigenvalue weighted by atomic mass is 10.1. The molecule has 0 radical (unpaired) electrons. The standard InChI is InChI=1S/C30H27N3O6S/c1-38-29(34)22-39-25-18-16-23(17-19-25)20-31-32-30(35)27-14-8-9-15-28(27)33(21-24-10-4-2-5-11-24)40(36,37)26-12-6-3-7-13-26/h2-20H,21-22H2,1H3,(H,32,35)/b31-20-. The zero-order chi connectivity index (χ0) is 28.4. The van der Waals surface area contributed by atoms with Crippen molar-refractivity contribution in [3.05, 3.63) is 126 Å². The maximum Gasteiger partial charge on any atom is 0.343 e. The van der Waals surface area contributed by atoms with Crippen LogP contribution in [0.4, 0.5) is 5.69 Å². The Morgan fingerprint density at radius 2 is 1.48 bits per heavy atom. The minimum atomic E-state index is -4.01. The van der Waals surface area contributed by atoms with Crippen molar-refractivity contribution < 1.29 is 27.5 Å². The molecule has 4 aromatic carbocycles. The molecule has 0 fully saturated rings. The zero-order valence-corrected chi connectivity index (χ0v) is 22.5. The number of benzene rings is 4. The van der Waals surface area contributed by atoms with Gasteiger partial charge in [-0.25, -0.2) is 18.6 Å². The number of hydrazone groups is 1. The molecule has 1 amide bonds. The van der Waals surface area contributed by atoms with E-state index in [4.69, 9.17) is 4.74 Å². The van der Waals surface area contributed by atoms with Crippen LogP contribution in [0, 0.1) is 0 Å². The number of hydrogen-bond acceptors (Lipinski definition) is 7. The number of rotatable bonds is 11. The molecule has 0 saturated carbocycles. The van der Waals surface area contributed by atoms with Crippen molar-refractivity contribution in [1.29, 1.82) is 0 Å². The Kier molecular flexibility index (Phi) is 9.27. The van der Waals surface area contributed by atoms with Gasteiger partial charge >= 0.3 is 5.97 Å². The number of esters is 1. The van der Waals surface area contributed by atoms with E-state index < -0.39 is 21.9 Å². The largest absolute Gasteiger partial charge is 0.482 e. The van der Waals surface area contributed by atoms with Crippen LogP contribution in [-0.2, 0) is 26.1 Å². The predicted octanol–water partition coefficient (Wildman–Crippen LogP) is 4.40. The van der Waals surface area contributed by atoms with Gasteiger partial charge in [-0.1, -0.05) is 60.7 Å². The van der Waals surface area contributed by atoms with Gasteiger partial charge in [0.1, 0.15) is 5.75 Å². The van der Waals surface area contributed by atoms with Gasteiger partial charge in [0.2, 0.25) is 0 Å². The van der Waals surface area contributed by atoms with Gasteiger partial charge in [0.25, 0.3) is 15.9 Å². The van der Waals surface area contributed by atoms with Crippen molar-refractivity contribution in [3.63, 3.8) is 0 Å². The van der Waals surface area contributed by atoms with Crippen LogP contribution in [0.3, 0.4) is 0 Å². The number of nitrogens with one attached hydrogen (secondary N) is 1. The highest BCUT2D eigenvalue weighted by molar-refractivity contribution is 7.92.